The van der Waals surface area contributed by atoms with Crippen molar-refractivity contribution in [2.24, 2.45) is 5.41 Å². The number of para-hydroxylation sites is 2. The molecule has 2 aromatic heterocycles. The van der Waals surface area contributed by atoms with E-state index in [0.717, 1.165) is 33.0 Å². The first-order valence-electron chi connectivity index (χ1n) is 15.0. The fourth-order valence-corrected chi connectivity index (χ4v) is 4.87. The van der Waals surface area contributed by atoms with Crippen LogP contribution in [0.4, 0.5) is 0 Å². The Morgan fingerprint density at radius 1 is 0.730 bits per heavy atom. The third-order valence-electron chi connectivity index (χ3n) is 6.50. The first-order chi connectivity index (χ1) is 19.9. The zero-order valence-corrected chi connectivity index (χ0v) is 21.2. The highest BCUT2D eigenvalue weighted by Crippen LogP contribution is 2.40. The molecular formula is C35H31NO. The summed E-state index contributed by atoms with van der Waals surface area (Å²) >= 11 is 0. The first kappa shape index (κ1) is 18.1. The average molecular weight is 487 g/mol. The Labute approximate surface area is 225 Å². The molecule has 0 bridgehead atoms. The van der Waals surface area contributed by atoms with Crippen LogP contribution in [0, 0.1) is 12.3 Å². The fraction of sp³-hybridized carbons (Fsp3) is 0.171. The predicted octanol–water partition coefficient (Wildman–Crippen LogP) is 9.88. The van der Waals surface area contributed by atoms with Gasteiger partial charge in [-0.3, -0.25) is 4.98 Å². The molecule has 37 heavy (non-hydrogen) atoms. The number of benzene rings is 4. The van der Waals surface area contributed by atoms with Gasteiger partial charge in [0.15, 0.2) is 0 Å². The van der Waals surface area contributed by atoms with E-state index in [-0.39, 0.29) is 5.56 Å². The van der Waals surface area contributed by atoms with Crippen LogP contribution in [0.1, 0.15) is 38.8 Å². The van der Waals surface area contributed by atoms with Gasteiger partial charge in [-0.2, -0.15) is 0 Å². The predicted molar refractivity (Wildman–Crippen MR) is 156 cm³/mol. The third-order valence-corrected chi connectivity index (χ3v) is 6.50. The van der Waals surface area contributed by atoms with Crippen molar-refractivity contribution in [3.63, 3.8) is 0 Å². The summed E-state index contributed by atoms with van der Waals surface area (Å²) in [7, 11) is 0. The maximum atomic E-state index is 8.63. The molecule has 0 aliphatic carbocycles. The molecular weight excluding hydrogens is 450 g/mol. The largest absolute Gasteiger partial charge is 0.455 e. The van der Waals surface area contributed by atoms with E-state index in [2.05, 4.69) is 17.1 Å². The Morgan fingerprint density at radius 3 is 2.05 bits per heavy atom. The highest BCUT2D eigenvalue weighted by Gasteiger charge is 2.17. The van der Waals surface area contributed by atoms with Crippen LogP contribution in [-0.2, 0) is 6.37 Å². The van der Waals surface area contributed by atoms with Gasteiger partial charge < -0.3 is 4.42 Å². The van der Waals surface area contributed by atoms with E-state index >= 15 is 0 Å². The molecule has 0 spiro atoms. The van der Waals surface area contributed by atoms with Crippen molar-refractivity contribution in [1.82, 2.24) is 4.98 Å². The van der Waals surface area contributed by atoms with Gasteiger partial charge in [0.05, 0.1) is 5.69 Å². The molecule has 2 nitrogen and oxygen atoms in total. The fourth-order valence-electron chi connectivity index (χ4n) is 4.87. The van der Waals surface area contributed by atoms with Crippen molar-refractivity contribution >= 4 is 21.9 Å². The Morgan fingerprint density at radius 2 is 1.38 bits per heavy atom. The maximum Gasteiger partial charge on any atom is 0.144 e. The Bertz CT molecular complexity index is 1910. The Hall–Kier alpha value is -4.17. The van der Waals surface area contributed by atoms with E-state index in [1.807, 2.05) is 75.4 Å². The SMILES string of the molecule is [2H]C([2H])([2H])c1cnc(-c2cccc3c2oc2c(-c4ccccc4)cccc23)cc1-c1ccc(C([2H])([2H])C(C)(C)C)cc1. The van der Waals surface area contributed by atoms with E-state index in [4.69, 9.17) is 11.3 Å². The molecule has 0 aliphatic rings. The van der Waals surface area contributed by atoms with Gasteiger partial charge in [0, 0.05) is 34.9 Å². The van der Waals surface area contributed by atoms with Gasteiger partial charge >= 0.3 is 0 Å². The Kier molecular flexibility index (Phi) is 4.43. The molecule has 0 saturated heterocycles. The molecule has 0 atom stereocenters. The highest BCUT2D eigenvalue weighted by molar-refractivity contribution is 6.12. The smallest absolute Gasteiger partial charge is 0.144 e. The number of furan rings is 1. The van der Waals surface area contributed by atoms with Crippen LogP contribution < -0.4 is 0 Å². The number of hydrogen-bond donors (Lipinski definition) is 0. The van der Waals surface area contributed by atoms with E-state index in [1.54, 1.807) is 30.3 Å². The van der Waals surface area contributed by atoms with Crippen LogP contribution in [0.25, 0.3) is 55.4 Å². The molecule has 6 rings (SSSR count). The van der Waals surface area contributed by atoms with Gasteiger partial charge in [0.25, 0.3) is 0 Å². The number of fused-ring (bicyclic) bond motifs is 3. The second kappa shape index (κ2) is 9.05. The normalized spacial score (nSPS) is 14.6. The standard InChI is InChI=1S/C35H31NO/c1-23-22-36-32(20-31(23)26-18-16-24(17-19-26)21-35(2,3)4)30-15-9-14-29-28-13-8-12-27(33(28)37-34(29)30)25-10-6-5-7-11-25/h5-20,22H,21H2,1-4H3/i1D3,21D2. The molecule has 2 heteroatoms. The van der Waals surface area contributed by atoms with Gasteiger partial charge in [0.2, 0.25) is 0 Å². The van der Waals surface area contributed by atoms with E-state index < -0.39 is 18.6 Å². The lowest BCUT2D eigenvalue weighted by atomic mass is 9.87. The molecule has 0 aliphatic heterocycles. The minimum atomic E-state index is -2.38. The first-order valence-corrected chi connectivity index (χ1v) is 12.5. The lowest BCUT2D eigenvalue weighted by Gasteiger charge is -2.18. The summed E-state index contributed by atoms with van der Waals surface area (Å²) in [5.41, 5.74) is 6.18. The van der Waals surface area contributed by atoms with Crippen LogP contribution in [0.15, 0.2) is 108 Å². The van der Waals surface area contributed by atoms with E-state index in [1.165, 1.54) is 6.20 Å². The van der Waals surface area contributed by atoms with Crippen molar-refractivity contribution < 1.29 is 11.3 Å². The van der Waals surface area contributed by atoms with Gasteiger partial charge in [-0.25, -0.2) is 0 Å². The molecule has 0 radical (unpaired) electrons. The van der Waals surface area contributed by atoms with E-state index in [9.17, 15) is 0 Å². The number of rotatable bonds is 4. The zero-order chi connectivity index (χ0) is 29.9. The van der Waals surface area contributed by atoms with Gasteiger partial charge in [0.1, 0.15) is 11.2 Å². The summed E-state index contributed by atoms with van der Waals surface area (Å²) in [5.74, 6) is 0. The van der Waals surface area contributed by atoms with Crippen molar-refractivity contribution in [3.05, 3.63) is 114 Å². The molecule has 6 aromatic rings. The number of aryl methyl sites for hydroxylation is 1. The average Bonchev–Trinajstić information content (AvgIpc) is 3.35. The molecule has 0 N–H and O–H groups in total. The maximum absolute atomic E-state index is 8.63. The molecule has 0 fully saturated rings. The third kappa shape index (κ3) is 4.44. The number of hydrogen-bond acceptors (Lipinski definition) is 2. The van der Waals surface area contributed by atoms with Crippen LogP contribution in [0.3, 0.4) is 0 Å². The molecule has 182 valence electrons. The summed E-state index contributed by atoms with van der Waals surface area (Å²) < 4.78 is 48.4. The summed E-state index contributed by atoms with van der Waals surface area (Å²) in [6.07, 6.45) is -0.131. The Balaban J connectivity index is 1.52. The van der Waals surface area contributed by atoms with E-state index in [0.29, 0.717) is 28.0 Å². The van der Waals surface area contributed by atoms with Crippen LogP contribution >= 0.6 is 0 Å². The van der Waals surface area contributed by atoms with Crippen molar-refractivity contribution in [2.45, 2.75) is 34.0 Å². The van der Waals surface area contributed by atoms with Crippen LogP contribution in [0.2, 0.25) is 0 Å². The topological polar surface area (TPSA) is 26.0 Å². The molecule has 2 heterocycles. The zero-order valence-electron chi connectivity index (χ0n) is 26.2. The monoisotopic (exact) mass is 486 g/mol. The number of aromatic nitrogens is 1. The molecule has 0 amide bonds. The summed E-state index contributed by atoms with van der Waals surface area (Å²) in [6, 6.07) is 31.0. The van der Waals surface area contributed by atoms with Crippen molar-refractivity contribution in [1.29, 1.82) is 0 Å². The summed E-state index contributed by atoms with van der Waals surface area (Å²) in [6.45, 7) is 3.22. The minimum Gasteiger partial charge on any atom is -0.455 e. The summed E-state index contributed by atoms with van der Waals surface area (Å²) in [4.78, 5) is 4.61. The number of nitrogens with zero attached hydrogens (tertiary/aromatic N) is 1. The van der Waals surface area contributed by atoms with Gasteiger partial charge in [-0.1, -0.05) is 106 Å². The van der Waals surface area contributed by atoms with Crippen LogP contribution in [-0.4, -0.2) is 4.98 Å². The second-order valence-corrected chi connectivity index (χ2v) is 10.4. The lowest BCUT2D eigenvalue weighted by Crippen LogP contribution is -2.08. The van der Waals surface area contributed by atoms with Crippen LogP contribution in [0.5, 0.6) is 0 Å². The van der Waals surface area contributed by atoms with Crippen molar-refractivity contribution in [2.75, 3.05) is 0 Å². The minimum absolute atomic E-state index is 0.140. The quantitative estimate of drug-likeness (QED) is 0.248. The lowest BCUT2D eigenvalue weighted by molar-refractivity contribution is 0.411. The van der Waals surface area contributed by atoms with Crippen molar-refractivity contribution in [3.8, 4) is 33.5 Å². The number of pyridine rings is 1. The highest BCUT2D eigenvalue weighted by atomic mass is 16.3. The molecule has 0 unspecified atom stereocenters. The molecule has 0 saturated carbocycles. The molecule has 4 aromatic carbocycles. The van der Waals surface area contributed by atoms with Gasteiger partial charge in [-0.05, 0) is 58.6 Å². The van der Waals surface area contributed by atoms with Gasteiger partial charge in [-0.15, -0.1) is 0 Å². The second-order valence-electron chi connectivity index (χ2n) is 10.4. The summed E-state index contributed by atoms with van der Waals surface area (Å²) in [5, 5.41) is 1.95.